The first-order valence-electron chi connectivity index (χ1n) is 3.88. The molecule has 0 heterocycles. The molecule has 0 aliphatic rings. The second kappa shape index (κ2) is 4.00. The Labute approximate surface area is 96.7 Å². The molecule has 15 heavy (non-hydrogen) atoms. The van der Waals surface area contributed by atoms with Crippen LogP contribution in [0.15, 0.2) is 0 Å². The summed E-state index contributed by atoms with van der Waals surface area (Å²) in [5.74, 6) is -9.28. The van der Waals surface area contributed by atoms with Gasteiger partial charge in [0, 0.05) is 5.19 Å². The average molecular weight is 352 g/mol. The summed E-state index contributed by atoms with van der Waals surface area (Å²) in [5, 5.41) is -0.667. The minimum absolute atomic E-state index is 0.667. The summed E-state index contributed by atoms with van der Waals surface area (Å²) in [4.78, 5) is 0. The topological polar surface area (TPSA) is 0 Å². The quantitative estimate of drug-likeness (QED) is 0.182. The number of benzene rings is 1. The van der Waals surface area contributed by atoms with Gasteiger partial charge in [-0.15, -0.1) is 21.8 Å². The summed E-state index contributed by atoms with van der Waals surface area (Å²) < 4.78 is 64.7. The Bertz CT molecular complexity index is 383. The molecule has 0 atom stereocenters. The fourth-order valence-electron chi connectivity index (χ4n) is 1.13. The van der Waals surface area contributed by atoms with Gasteiger partial charge in [-0.2, -0.15) is 0 Å². The maximum Gasteiger partial charge on any atom is 0.200 e. The van der Waals surface area contributed by atoms with Gasteiger partial charge in [0.2, 0.25) is 5.82 Å². The van der Waals surface area contributed by atoms with Crippen molar-refractivity contribution in [3.63, 3.8) is 0 Å². The predicted molar refractivity (Wildman–Crippen MR) is 57.4 cm³/mol. The molecule has 0 saturated carbocycles. The molecule has 7 heteroatoms. The lowest BCUT2D eigenvalue weighted by Gasteiger charge is -2.17. The van der Waals surface area contributed by atoms with E-state index in [1.54, 1.807) is 21.8 Å². The van der Waals surface area contributed by atoms with Gasteiger partial charge < -0.3 is 0 Å². The zero-order valence-corrected chi connectivity index (χ0v) is 10.9. The van der Waals surface area contributed by atoms with Crippen LogP contribution in [0, 0.1) is 29.1 Å². The molecular formula is C8H6F5ISi. The Kier molecular flexibility index (Phi) is 3.44. The Morgan fingerprint density at radius 3 is 1.27 bits per heavy atom. The van der Waals surface area contributed by atoms with Crippen molar-refractivity contribution >= 4 is 32.6 Å². The van der Waals surface area contributed by atoms with Crippen molar-refractivity contribution in [2.75, 3.05) is 0 Å². The van der Waals surface area contributed by atoms with Crippen LogP contribution in [-0.4, -0.2) is 5.57 Å². The number of hydrogen-bond donors (Lipinski definition) is 0. The van der Waals surface area contributed by atoms with E-state index < -0.39 is 39.8 Å². The molecule has 0 nitrogen and oxygen atoms in total. The molecule has 0 amide bonds. The first-order valence-corrected chi connectivity index (χ1v) is 10.00. The zero-order chi connectivity index (χ0) is 12.0. The highest BCUT2D eigenvalue weighted by molar-refractivity contribution is 14.1. The first kappa shape index (κ1) is 12.9. The normalized spacial score (nSPS) is 12.0. The van der Waals surface area contributed by atoms with Crippen LogP contribution in [0.2, 0.25) is 13.1 Å². The molecule has 0 aliphatic carbocycles. The molecule has 0 saturated heterocycles. The van der Waals surface area contributed by atoms with Crippen LogP contribution in [0.5, 0.6) is 0 Å². The first-order chi connectivity index (χ1) is 6.68. The van der Waals surface area contributed by atoms with Crippen LogP contribution in [0.4, 0.5) is 22.0 Å². The fraction of sp³-hybridized carbons (Fsp3) is 0.250. The lowest BCUT2D eigenvalue weighted by molar-refractivity contribution is 0.384. The van der Waals surface area contributed by atoms with Crippen LogP contribution in [-0.2, 0) is 0 Å². The summed E-state index contributed by atoms with van der Waals surface area (Å²) in [6.07, 6.45) is 0. The highest BCUT2D eigenvalue weighted by Gasteiger charge is 2.34. The Hall–Kier alpha value is -0.183. The van der Waals surface area contributed by atoms with Gasteiger partial charge >= 0.3 is 0 Å². The number of hydrogen-bond acceptors (Lipinski definition) is 0. The molecule has 0 spiro atoms. The highest BCUT2D eigenvalue weighted by Crippen LogP contribution is 2.22. The zero-order valence-electron chi connectivity index (χ0n) is 7.77. The minimum atomic E-state index is -2.63. The minimum Gasteiger partial charge on any atom is -0.204 e. The molecule has 1 rings (SSSR count). The third-order valence-corrected chi connectivity index (χ3v) is 5.05. The molecular weight excluding hydrogens is 346 g/mol. The van der Waals surface area contributed by atoms with Crippen molar-refractivity contribution in [1.29, 1.82) is 0 Å². The fourth-order valence-corrected chi connectivity index (χ4v) is 3.81. The van der Waals surface area contributed by atoms with E-state index in [1.807, 2.05) is 0 Å². The second-order valence-corrected chi connectivity index (χ2v) is 15.0. The monoisotopic (exact) mass is 352 g/mol. The van der Waals surface area contributed by atoms with Crippen molar-refractivity contribution in [3.05, 3.63) is 29.1 Å². The Morgan fingerprint density at radius 1 is 0.733 bits per heavy atom. The van der Waals surface area contributed by atoms with Crippen LogP contribution in [0.3, 0.4) is 0 Å². The van der Waals surface area contributed by atoms with Crippen molar-refractivity contribution in [3.8, 4) is 0 Å². The number of rotatable bonds is 1. The lowest BCUT2D eigenvalue weighted by atomic mass is 10.3. The van der Waals surface area contributed by atoms with E-state index in [9.17, 15) is 22.0 Å². The van der Waals surface area contributed by atoms with Gasteiger partial charge in [-0.05, 0) is 0 Å². The summed E-state index contributed by atoms with van der Waals surface area (Å²) in [5.41, 5.74) is -2.63. The average Bonchev–Trinajstić information content (AvgIpc) is 2.09. The van der Waals surface area contributed by atoms with Gasteiger partial charge in [0.1, 0.15) is 0 Å². The third kappa shape index (κ3) is 2.17. The molecule has 0 fully saturated rings. The van der Waals surface area contributed by atoms with Crippen LogP contribution in [0.1, 0.15) is 0 Å². The van der Waals surface area contributed by atoms with Crippen LogP contribution >= 0.6 is 21.8 Å². The van der Waals surface area contributed by atoms with E-state index in [2.05, 4.69) is 0 Å². The molecule has 0 aromatic heterocycles. The molecule has 0 unspecified atom stereocenters. The summed E-state index contributed by atoms with van der Waals surface area (Å²) in [7, 11) is 0. The van der Waals surface area contributed by atoms with Crippen LogP contribution < -0.4 is 5.19 Å². The largest absolute Gasteiger partial charge is 0.204 e. The molecule has 0 N–H and O–H groups in total. The van der Waals surface area contributed by atoms with Crippen LogP contribution in [0.25, 0.3) is 0 Å². The third-order valence-electron chi connectivity index (χ3n) is 1.80. The molecule has 1 aromatic carbocycles. The molecule has 0 aliphatic heterocycles. The SMILES string of the molecule is C[Si](C)(I)c1c(F)c(F)c(F)c(F)c1F. The van der Waals surface area contributed by atoms with E-state index in [0.717, 1.165) is 0 Å². The summed E-state index contributed by atoms with van der Waals surface area (Å²) in [6.45, 7) is 2.98. The summed E-state index contributed by atoms with van der Waals surface area (Å²) >= 11 is 1.74. The number of halogens is 6. The van der Waals surface area contributed by atoms with Crippen molar-refractivity contribution in [2.45, 2.75) is 13.1 Å². The van der Waals surface area contributed by atoms with Gasteiger partial charge in [0.15, 0.2) is 28.8 Å². The standard InChI is InChI=1S/C8H6F5ISi/c1-15(2,14)8-6(12)4(10)3(9)5(11)7(8)13/h1-2H3. The van der Waals surface area contributed by atoms with E-state index in [-0.39, 0.29) is 0 Å². The van der Waals surface area contributed by atoms with E-state index in [4.69, 9.17) is 0 Å². The molecule has 1 aromatic rings. The smallest absolute Gasteiger partial charge is 0.200 e. The van der Waals surface area contributed by atoms with Crippen molar-refractivity contribution in [2.24, 2.45) is 0 Å². The Balaban J connectivity index is 3.68. The molecule has 0 radical (unpaired) electrons. The van der Waals surface area contributed by atoms with Gasteiger partial charge in [-0.1, -0.05) is 13.1 Å². The van der Waals surface area contributed by atoms with Gasteiger partial charge in [0.05, 0.1) is 0 Å². The van der Waals surface area contributed by atoms with Crippen molar-refractivity contribution < 1.29 is 22.0 Å². The van der Waals surface area contributed by atoms with Gasteiger partial charge in [0.25, 0.3) is 0 Å². The summed E-state index contributed by atoms with van der Waals surface area (Å²) in [6, 6.07) is 0. The highest BCUT2D eigenvalue weighted by atomic mass is 127. The van der Waals surface area contributed by atoms with E-state index >= 15 is 0 Å². The van der Waals surface area contributed by atoms with Crippen molar-refractivity contribution in [1.82, 2.24) is 0 Å². The van der Waals surface area contributed by atoms with E-state index in [1.165, 1.54) is 13.1 Å². The predicted octanol–water partition coefficient (Wildman–Crippen LogP) is 3.23. The molecule has 0 bridgehead atoms. The maximum atomic E-state index is 13.2. The van der Waals surface area contributed by atoms with E-state index in [0.29, 0.717) is 0 Å². The molecule has 84 valence electrons. The maximum absolute atomic E-state index is 13.2. The van der Waals surface area contributed by atoms with Gasteiger partial charge in [-0.3, -0.25) is 0 Å². The van der Waals surface area contributed by atoms with Gasteiger partial charge in [-0.25, -0.2) is 22.0 Å². The second-order valence-electron chi connectivity index (χ2n) is 3.42. The Morgan fingerprint density at radius 2 is 1.00 bits per heavy atom. The lowest BCUT2D eigenvalue weighted by Crippen LogP contribution is -2.41.